The summed E-state index contributed by atoms with van der Waals surface area (Å²) in [4.78, 5) is 31.9. The lowest BCUT2D eigenvalue weighted by Crippen LogP contribution is -2.51. The summed E-state index contributed by atoms with van der Waals surface area (Å²) in [6.45, 7) is 5.58. The van der Waals surface area contributed by atoms with Gasteiger partial charge in [0.15, 0.2) is 0 Å². The van der Waals surface area contributed by atoms with Crippen molar-refractivity contribution in [2.75, 3.05) is 59.5 Å². The maximum absolute atomic E-state index is 12.8. The second-order valence-electron chi connectivity index (χ2n) is 9.27. The number of piperazine rings is 1. The first-order chi connectivity index (χ1) is 17.0. The Bertz CT molecular complexity index is 1000. The number of benzene rings is 2. The Labute approximate surface area is 213 Å². The number of hydrogen-bond acceptors (Lipinski definition) is 5. The van der Waals surface area contributed by atoms with Crippen molar-refractivity contribution in [3.63, 3.8) is 0 Å². The van der Waals surface area contributed by atoms with Gasteiger partial charge < -0.3 is 15.0 Å². The summed E-state index contributed by atoms with van der Waals surface area (Å²) in [7, 11) is 1.62. The molecule has 8 heteroatoms. The van der Waals surface area contributed by atoms with Gasteiger partial charge in [-0.25, -0.2) is 0 Å². The highest BCUT2D eigenvalue weighted by Gasteiger charge is 2.27. The minimum absolute atomic E-state index is 0.0115. The lowest BCUT2D eigenvalue weighted by atomic mass is 10.1. The van der Waals surface area contributed by atoms with Gasteiger partial charge in [-0.15, -0.1) is 0 Å². The van der Waals surface area contributed by atoms with E-state index < -0.39 is 0 Å². The Kier molecular flexibility index (Phi) is 9.01. The molecule has 1 unspecified atom stereocenters. The number of nitrogens with one attached hydrogen (secondary N) is 1. The number of halogens is 1. The van der Waals surface area contributed by atoms with E-state index in [0.717, 1.165) is 35.0 Å². The number of nitrogens with zero attached hydrogens (tertiary/aromatic N) is 3. The monoisotopic (exact) mass is 498 g/mol. The van der Waals surface area contributed by atoms with E-state index in [0.29, 0.717) is 45.7 Å². The number of ether oxygens (including phenoxy) is 1. The van der Waals surface area contributed by atoms with Crippen LogP contribution in [0.15, 0.2) is 48.5 Å². The van der Waals surface area contributed by atoms with Gasteiger partial charge in [0.25, 0.3) is 0 Å². The van der Waals surface area contributed by atoms with Gasteiger partial charge in [0.05, 0.1) is 26.1 Å². The van der Waals surface area contributed by atoms with Crippen molar-refractivity contribution in [2.24, 2.45) is 0 Å². The quantitative estimate of drug-likeness (QED) is 0.576. The van der Waals surface area contributed by atoms with E-state index in [1.807, 2.05) is 47.4 Å². The van der Waals surface area contributed by atoms with Crippen LogP contribution in [0.25, 0.3) is 0 Å². The molecular formula is C27H35ClN4O3. The van der Waals surface area contributed by atoms with Crippen molar-refractivity contribution in [1.29, 1.82) is 0 Å². The predicted molar refractivity (Wildman–Crippen MR) is 138 cm³/mol. The van der Waals surface area contributed by atoms with E-state index in [1.165, 1.54) is 12.8 Å². The molecule has 2 saturated heterocycles. The number of rotatable bonds is 9. The van der Waals surface area contributed by atoms with Crippen LogP contribution in [0.3, 0.4) is 0 Å². The molecule has 2 aliphatic rings. The maximum atomic E-state index is 12.8. The van der Waals surface area contributed by atoms with Crippen LogP contribution in [0.5, 0.6) is 5.75 Å². The zero-order valence-corrected chi connectivity index (χ0v) is 21.2. The highest BCUT2D eigenvalue weighted by atomic mass is 35.5. The predicted octanol–water partition coefficient (Wildman–Crippen LogP) is 2.99. The van der Waals surface area contributed by atoms with Crippen molar-refractivity contribution in [3.05, 3.63) is 64.7 Å². The van der Waals surface area contributed by atoms with Gasteiger partial charge >= 0.3 is 0 Å². The molecule has 0 bridgehead atoms. The first-order valence-electron chi connectivity index (χ1n) is 12.4. The third-order valence-electron chi connectivity index (χ3n) is 6.92. The topological polar surface area (TPSA) is 65.1 Å². The molecule has 2 aromatic rings. The molecule has 1 atom stereocenters. The highest BCUT2D eigenvalue weighted by molar-refractivity contribution is 6.31. The van der Waals surface area contributed by atoms with Gasteiger partial charge in [0.1, 0.15) is 5.75 Å². The van der Waals surface area contributed by atoms with Gasteiger partial charge in [0, 0.05) is 37.7 Å². The summed E-state index contributed by atoms with van der Waals surface area (Å²) in [6.07, 6.45) is 2.71. The van der Waals surface area contributed by atoms with Gasteiger partial charge in [-0.05, 0) is 55.3 Å². The third kappa shape index (κ3) is 6.97. The van der Waals surface area contributed by atoms with Crippen LogP contribution in [-0.2, 0) is 16.0 Å². The summed E-state index contributed by atoms with van der Waals surface area (Å²) in [5, 5.41) is 3.88. The fourth-order valence-corrected chi connectivity index (χ4v) is 5.19. The summed E-state index contributed by atoms with van der Waals surface area (Å²) in [5.74, 6) is 0.876. The number of carbonyl (C=O) groups excluding carboxylic acids is 2. The van der Waals surface area contributed by atoms with Crippen molar-refractivity contribution >= 4 is 23.4 Å². The summed E-state index contributed by atoms with van der Waals surface area (Å²) >= 11 is 6.49. The fourth-order valence-electron chi connectivity index (χ4n) is 4.93. The van der Waals surface area contributed by atoms with E-state index in [4.69, 9.17) is 16.3 Å². The number of methoxy groups -OCH3 is 1. The Morgan fingerprint density at radius 2 is 1.74 bits per heavy atom. The summed E-state index contributed by atoms with van der Waals surface area (Å²) in [5.41, 5.74) is 2.02. The zero-order chi connectivity index (χ0) is 24.6. The zero-order valence-electron chi connectivity index (χ0n) is 20.4. The Morgan fingerprint density at radius 3 is 2.46 bits per heavy atom. The fraction of sp³-hybridized carbons (Fsp3) is 0.481. The molecule has 35 heavy (non-hydrogen) atoms. The molecule has 0 saturated carbocycles. The van der Waals surface area contributed by atoms with Crippen molar-refractivity contribution < 1.29 is 14.3 Å². The Hall–Kier alpha value is -2.61. The molecular weight excluding hydrogens is 464 g/mol. The first-order valence-corrected chi connectivity index (χ1v) is 12.8. The van der Waals surface area contributed by atoms with Gasteiger partial charge in [-0.3, -0.25) is 19.4 Å². The smallest absolute Gasteiger partial charge is 0.234 e. The number of likely N-dealkylation sites (tertiary alicyclic amines) is 1. The van der Waals surface area contributed by atoms with Crippen LogP contribution < -0.4 is 10.1 Å². The van der Waals surface area contributed by atoms with Crippen LogP contribution in [-0.4, -0.2) is 86.0 Å². The number of hydrogen-bond donors (Lipinski definition) is 1. The molecule has 0 aliphatic carbocycles. The van der Waals surface area contributed by atoms with E-state index in [9.17, 15) is 9.59 Å². The molecule has 2 amide bonds. The van der Waals surface area contributed by atoms with E-state index in [-0.39, 0.29) is 17.9 Å². The average molecular weight is 499 g/mol. The van der Waals surface area contributed by atoms with Gasteiger partial charge in [-0.2, -0.15) is 0 Å². The van der Waals surface area contributed by atoms with Crippen LogP contribution >= 0.6 is 11.6 Å². The molecule has 2 heterocycles. The van der Waals surface area contributed by atoms with Crippen LogP contribution in [0.2, 0.25) is 5.02 Å². The van der Waals surface area contributed by atoms with E-state index in [2.05, 4.69) is 21.2 Å². The summed E-state index contributed by atoms with van der Waals surface area (Å²) in [6, 6.07) is 15.6. The molecule has 188 valence electrons. The van der Waals surface area contributed by atoms with Gasteiger partial charge in [0.2, 0.25) is 11.8 Å². The molecule has 4 rings (SSSR count). The van der Waals surface area contributed by atoms with E-state index >= 15 is 0 Å². The first kappa shape index (κ1) is 25.5. The van der Waals surface area contributed by atoms with Crippen LogP contribution in [0.1, 0.15) is 30.0 Å². The lowest BCUT2D eigenvalue weighted by molar-refractivity contribution is -0.132. The second-order valence-corrected chi connectivity index (χ2v) is 9.68. The molecule has 2 fully saturated rings. The second kappa shape index (κ2) is 12.4. The van der Waals surface area contributed by atoms with Crippen molar-refractivity contribution in [3.8, 4) is 5.75 Å². The minimum atomic E-state index is 0.0115. The molecule has 2 aliphatic heterocycles. The largest absolute Gasteiger partial charge is 0.497 e. The molecule has 0 spiro atoms. The Balaban J connectivity index is 1.24. The van der Waals surface area contributed by atoms with Crippen LogP contribution in [0.4, 0.5) is 0 Å². The SMILES string of the molecule is COc1cccc(CC(=O)N2CCN(CC(=O)NCC(c3ccccc3Cl)N3CCCC3)CC2)c1. The maximum Gasteiger partial charge on any atom is 0.234 e. The lowest BCUT2D eigenvalue weighted by Gasteiger charge is -2.34. The standard InChI is InChI=1S/C27H35ClN4O3/c1-35-22-8-6-7-21(17-22)18-27(34)32-15-13-30(14-16-32)20-26(33)29-19-25(31-11-4-5-12-31)23-9-2-3-10-24(23)28/h2-3,6-10,17,25H,4-5,11-16,18-20H2,1H3,(H,29,33). The Morgan fingerprint density at radius 1 is 1.00 bits per heavy atom. The third-order valence-corrected chi connectivity index (χ3v) is 7.26. The molecule has 0 radical (unpaired) electrons. The number of amides is 2. The highest BCUT2D eigenvalue weighted by Crippen LogP contribution is 2.29. The minimum Gasteiger partial charge on any atom is -0.497 e. The normalized spacial score (nSPS) is 17.8. The molecule has 7 nitrogen and oxygen atoms in total. The number of carbonyl (C=O) groups is 2. The molecule has 1 N–H and O–H groups in total. The molecule has 0 aromatic heterocycles. The molecule has 2 aromatic carbocycles. The van der Waals surface area contributed by atoms with Crippen molar-refractivity contribution in [2.45, 2.75) is 25.3 Å². The van der Waals surface area contributed by atoms with E-state index in [1.54, 1.807) is 7.11 Å². The average Bonchev–Trinajstić information content (AvgIpc) is 3.40. The van der Waals surface area contributed by atoms with Crippen molar-refractivity contribution in [1.82, 2.24) is 20.0 Å². The summed E-state index contributed by atoms with van der Waals surface area (Å²) < 4.78 is 5.25. The van der Waals surface area contributed by atoms with Gasteiger partial charge in [-0.1, -0.05) is 41.9 Å². The van der Waals surface area contributed by atoms with Crippen LogP contribution in [0, 0.1) is 0 Å².